The zero-order chi connectivity index (χ0) is 14.0. The van der Waals surface area contributed by atoms with Crippen LogP contribution in [-0.4, -0.2) is 16.2 Å². The van der Waals surface area contributed by atoms with Crippen molar-refractivity contribution < 1.29 is 4.39 Å². The van der Waals surface area contributed by atoms with Gasteiger partial charge in [-0.1, -0.05) is 30.5 Å². The Morgan fingerprint density at radius 2 is 1.89 bits per heavy atom. The first-order chi connectivity index (χ1) is 9.02. The van der Waals surface area contributed by atoms with E-state index in [1.54, 1.807) is 12.1 Å². The molecule has 0 saturated carbocycles. The van der Waals surface area contributed by atoms with Crippen molar-refractivity contribution in [1.29, 1.82) is 0 Å². The molecule has 0 saturated heterocycles. The van der Waals surface area contributed by atoms with Gasteiger partial charge in [0.2, 0.25) is 0 Å². The van der Waals surface area contributed by atoms with E-state index in [0.717, 1.165) is 11.1 Å². The van der Waals surface area contributed by atoms with Crippen LogP contribution in [0.3, 0.4) is 0 Å². The van der Waals surface area contributed by atoms with E-state index < -0.39 is 0 Å². The van der Waals surface area contributed by atoms with E-state index in [9.17, 15) is 4.39 Å². The van der Waals surface area contributed by atoms with Crippen molar-refractivity contribution in [3.05, 3.63) is 53.5 Å². The maximum Gasteiger partial charge on any atom is 0.189 e. The molecule has 2 N–H and O–H groups in total. The van der Waals surface area contributed by atoms with Gasteiger partial charge in [-0.15, -0.1) is 0 Å². The van der Waals surface area contributed by atoms with Crippen LogP contribution >= 0.6 is 11.8 Å². The normalized spacial score (nSPS) is 10.5. The standard InChI is InChI=1S/C14H14FN3S/c1-8(10-4-6-11(15)7-5-10)12-9(2)13(16)18-14(17-12)19-3/h4-7H,1H2,2-3H3,(H2,16,17,18). The maximum absolute atomic E-state index is 12.9. The Morgan fingerprint density at radius 1 is 1.26 bits per heavy atom. The Morgan fingerprint density at radius 3 is 2.47 bits per heavy atom. The molecule has 0 spiro atoms. The van der Waals surface area contributed by atoms with Gasteiger partial charge in [0.05, 0.1) is 5.69 Å². The number of halogens is 1. The Kier molecular flexibility index (Phi) is 3.85. The van der Waals surface area contributed by atoms with Crippen molar-refractivity contribution in [2.24, 2.45) is 0 Å². The summed E-state index contributed by atoms with van der Waals surface area (Å²) < 4.78 is 12.9. The predicted octanol–water partition coefficient (Wildman–Crippen LogP) is 3.29. The van der Waals surface area contributed by atoms with Gasteiger partial charge < -0.3 is 5.73 Å². The summed E-state index contributed by atoms with van der Waals surface area (Å²) in [6, 6.07) is 6.15. The van der Waals surface area contributed by atoms with Crippen LogP contribution in [0, 0.1) is 12.7 Å². The first-order valence-corrected chi connectivity index (χ1v) is 6.88. The minimum absolute atomic E-state index is 0.278. The highest BCUT2D eigenvalue weighted by molar-refractivity contribution is 7.98. The van der Waals surface area contributed by atoms with Gasteiger partial charge in [-0.25, -0.2) is 14.4 Å². The van der Waals surface area contributed by atoms with E-state index in [-0.39, 0.29) is 5.82 Å². The fourth-order valence-electron chi connectivity index (χ4n) is 1.69. The zero-order valence-corrected chi connectivity index (χ0v) is 11.6. The fraction of sp³-hybridized carbons (Fsp3) is 0.143. The van der Waals surface area contributed by atoms with Gasteiger partial charge in [-0.3, -0.25) is 0 Å². The summed E-state index contributed by atoms with van der Waals surface area (Å²) in [7, 11) is 0. The molecule has 0 bridgehead atoms. The third-order valence-corrected chi connectivity index (χ3v) is 3.37. The predicted molar refractivity (Wildman–Crippen MR) is 77.5 cm³/mol. The molecule has 0 fully saturated rings. The van der Waals surface area contributed by atoms with Crippen LogP contribution < -0.4 is 5.73 Å². The highest BCUT2D eigenvalue weighted by atomic mass is 32.2. The monoisotopic (exact) mass is 275 g/mol. The number of rotatable bonds is 3. The average molecular weight is 275 g/mol. The first-order valence-electron chi connectivity index (χ1n) is 5.66. The molecule has 1 heterocycles. The van der Waals surface area contributed by atoms with Crippen molar-refractivity contribution in [3.8, 4) is 0 Å². The second-order valence-electron chi connectivity index (χ2n) is 4.05. The number of hydrogen-bond acceptors (Lipinski definition) is 4. The lowest BCUT2D eigenvalue weighted by atomic mass is 10.0. The summed E-state index contributed by atoms with van der Waals surface area (Å²) in [6.07, 6.45) is 1.88. The third kappa shape index (κ3) is 2.76. The summed E-state index contributed by atoms with van der Waals surface area (Å²) in [5.74, 6) is 0.165. The van der Waals surface area contributed by atoms with Crippen molar-refractivity contribution in [2.75, 3.05) is 12.0 Å². The van der Waals surface area contributed by atoms with Crippen molar-refractivity contribution in [2.45, 2.75) is 12.1 Å². The minimum atomic E-state index is -0.278. The number of nitrogens with two attached hydrogens (primary N) is 1. The highest BCUT2D eigenvalue weighted by Crippen LogP contribution is 2.27. The molecule has 0 aliphatic carbocycles. The molecule has 5 heteroatoms. The average Bonchev–Trinajstić information content (AvgIpc) is 2.41. The first kappa shape index (κ1) is 13.5. The van der Waals surface area contributed by atoms with Gasteiger partial charge in [-0.05, 0) is 30.9 Å². The van der Waals surface area contributed by atoms with Gasteiger partial charge in [0.25, 0.3) is 0 Å². The lowest BCUT2D eigenvalue weighted by Gasteiger charge is -2.11. The van der Waals surface area contributed by atoms with E-state index in [1.807, 2.05) is 13.2 Å². The molecule has 19 heavy (non-hydrogen) atoms. The van der Waals surface area contributed by atoms with E-state index in [4.69, 9.17) is 5.73 Å². The van der Waals surface area contributed by atoms with Gasteiger partial charge in [-0.2, -0.15) is 0 Å². The van der Waals surface area contributed by atoms with Crippen LogP contribution in [0.5, 0.6) is 0 Å². The molecule has 0 radical (unpaired) electrons. The fourth-order valence-corrected chi connectivity index (χ4v) is 2.06. The van der Waals surface area contributed by atoms with Crippen LogP contribution in [0.2, 0.25) is 0 Å². The molecular formula is C14H14FN3S. The van der Waals surface area contributed by atoms with Crippen LogP contribution in [-0.2, 0) is 0 Å². The number of anilines is 1. The molecule has 2 aromatic rings. The van der Waals surface area contributed by atoms with Crippen LogP contribution in [0.25, 0.3) is 5.57 Å². The van der Waals surface area contributed by atoms with Gasteiger partial charge >= 0.3 is 0 Å². The van der Waals surface area contributed by atoms with Crippen LogP contribution in [0.4, 0.5) is 10.2 Å². The Bertz CT molecular complexity index is 623. The van der Waals surface area contributed by atoms with Crippen molar-refractivity contribution in [1.82, 2.24) is 9.97 Å². The molecule has 0 aliphatic heterocycles. The van der Waals surface area contributed by atoms with E-state index >= 15 is 0 Å². The number of hydrogen-bond donors (Lipinski definition) is 1. The summed E-state index contributed by atoms with van der Waals surface area (Å²) in [6.45, 7) is 5.88. The molecule has 1 aromatic heterocycles. The zero-order valence-electron chi connectivity index (χ0n) is 10.8. The summed E-state index contributed by atoms with van der Waals surface area (Å²) in [5.41, 5.74) is 8.88. The maximum atomic E-state index is 12.9. The molecule has 98 valence electrons. The van der Waals surface area contributed by atoms with E-state index in [2.05, 4.69) is 16.5 Å². The Hall–Kier alpha value is -1.88. The number of aromatic nitrogens is 2. The molecule has 0 unspecified atom stereocenters. The number of thioether (sulfide) groups is 1. The van der Waals surface area contributed by atoms with Gasteiger partial charge in [0.1, 0.15) is 11.6 Å². The largest absolute Gasteiger partial charge is 0.383 e. The number of nitrogen functional groups attached to an aromatic ring is 1. The summed E-state index contributed by atoms with van der Waals surface area (Å²) in [4.78, 5) is 8.60. The van der Waals surface area contributed by atoms with Crippen LogP contribution in [0.1, 0.15) is 16.8 Å². The quantitative estimate of drug-likeness (QED) is 0.690. The van der Waals surface area contributed by atoms with E-state index in [1.165, 1.54) is 23.9 Å². The van der Waals surface area contributed by atoms with Crippen LogP contribution in [0.15, 0.2) is 36.0 Å². The summed E-state index contributed by atoms with van der Waals surface area (Å²) in [5, 5.41) is 0.598. The second kappa shape index (κ2) is 5.40. The number of nitrogens with zero attached hydrogens (tertiary/aromatic N) is 2. The molecule has 0 amide bonds. The Balaban J connectivity index is 2.49. The second-order valence-corrected chi connectivity index (χ2v) is 4.83. The molecule has 0 atom stereocenters. The highest BCUT2D eigenvalue weighted by Gasteiger charge is 2.12. The minimum Gasteiger partial charge on any atom is -0.383 e. The molecule has 1 aromatic carbocycles. The lowest BCUT2D eigenvalue weighted by molar-refractivity contribution is 0.627. The molecule has 2 rings (SSSR count). The topological polar surface area (TPSA) is 51.8 Å². The molecule has 0 aliphatic rings. The molecule has 3 nitrogen and oxygen atoms in total. The third-order valence-electron chi connectivity index (χ3n) is 2.82. The van der Waals surface area contributed by atoms with Gasteiger partial charge in [0, 0.05) is 11.1 Å². The SMILES string of the molecule is C=C(c1ccc(F)cc1)c1nc(SC)nc(N)c1C. The Labute approximate surface area is 115 Å². The lowest BCUT2D eigenvalue weighted by Crippen LogP contribution is -2.04. The smallest absolute Gasteiger partial charge is 0.189 e. The van der Waals surface area contributed by atoms with Crippen molar-refractivity contribution >= 4 is 23.2 Å². The molecular weight excluding hydrogens is 261 g/mol. The number of benzene rings is 1. The summed E-state index contributed by atoms with van der Waals surface area (Å²) >= 11 is 1.42. The van der Waals surface area contributed by atoms with E-state index in [0.29, 0.717) is 22.2 Å². The van der Waals surface area contributed by atoms with Crippen molar-refractivity contribution in [3.63, 3.8) is 0 Å². The van der Waals surface area contributed by atoms with Gasteiger partial charge in [0.15, 0.2) is 5.16 Å².